The van der Waals surface area contributed by atoms with Crippen molar-refractivity contribution in [3.05, 3.63) is 68.1 Å². The number of nitrogens with zero attached hydrogens (tertiary/aromatic N) is 3. The van der Waals surface area contributed by atoms with E-state index >= 15 is 0 Å². The van der Waals surface area contributed by atoms with Crippen molar-refractivity contribution in [2.45, 2.75) is 40.5 Å². The van der Waals surface area contributed by atoms with Gasteiger partial charge in [-0.3, -0.25) is 9.48 Å². The van der Waals surface area contributed by atoms with Crippen molar-refractivity contribution in [1.29, 1.82) is 0 Å². The molecule has 0 aliphatic rings. The molecule has 0 radical (unpaired) electrons. The van der Waals surface area contributed by atoms with Gasteiger partial charge in [-0.2, -0.15) is 5.10 Å². The van der Waals surface area contributed by atoms with Gasteiger partial charge in [0.25, 0.3) is 5.91 Å². The quantitative estimate of drug-likeness (QED) is 0.538. The first-order valence-electron chi connectivity index (χ1n) is 9.12. The lowest BCUT2D eigenvalue weighted by molar-refractivity contribution is 0.0786. The van der Waals surface area contributed by atoms with Gasteiger partial charge in [0.1, 0.15) is 12.4 Å². The van der Waals surface area contributed by atoms with Crippen LogP contribution >= 0.6 is 22.9 Å². The van der Waals surface area contributed by atoms with Gasteiger partial charge in [-0.1, -0.05) is 23.7 Å². The summed E-state index contributed by atoms with van der Waals surface area (Å²) >= 11 is 7.64. The summed E-state index contributed by atoms with van der Waals surface area (Å²) in [6, 6.07) is 8.04. The molecule has 7 heteroatoms. The third-order valence-electron chi connectivity index (χ3n) is 4.53. The van der Waals surface area contributed by atoms with Gasteiger partial charge in [0, 0.05) is 19.2 Å². The van der Waals surface area contributed by atoms with Gasteiger partial charge >= 0.3 is 0 Å². The van der Waals surface area contributed by atoms with Crippen LogP contribution in [-0.4, -0.2) is 27.6 Å². The summed E-state index contributed by atoms with van der Waals surface area (Å²) in [6.07, 6.45) is 1.62. The monoisotopic (exact) mass is 417 g/mol. The van der Waals surface area contributed by atoms with E-state index in [9.17, 15) is 4.79 Å². The zero-order valence-electron chi connectivity index (χ0n) is 16.5. The van der Waals surface area contributed by atoms with Gasteiger partial charge in [-0.05, 0) is 49.4 Å². The largest absolute Gasteiger partial charge is 0.489 e. The second kappa shape index (κ2) is 8.80. The van der Waals surface area contributed by atoms with Crippen LogP contribution in [0.25, 0.3) is 0 Å². The number of ether oxygens (including phenoxy) is 1. The predicted octanol–water partition coefficient (Wildman–Crippen LogP) is 5.09. The van der Waals surface area contributed by atoms with Crippen LogP contribution < -0.4 is 4.74 Å². The van der Waals surface area contributed by atoms with Crippen LogP contribution in [0.1, 0.15) is 39.0 Å². The van der Waals surface area contributed by atoms with Crippen LogP contribution in [0.2, 0.25) is 5.02 Å². The molecule has 3 rings (SSSR count). The molecule has 0 aliphatic heterocycles. The molecular weight excluding hydrogens is 394 g/mol. The normalized spacial score (nSPS) is 10.9. The summed E-state index contributed by atoms with van der Waals surface area (Å²) in [6.45, 7) is 7.63. The van der Waals surface area contributed by atoms with E-state index in [1.807, 2.05) is 49.0 Å². The number of rotatable bonds is 7. The van der Waals surface area contributed by atoms with E-state index in [4.69, 9.17) is 16.3 Å². The van der Waals surface area contributed by atoms with Crippen molar-refractivity contribution in [2.75, 3.05) is 7.05 Å². The summed E-state index contributed by atoms with van der Waals surface area (Å²) < 4.78 is 7.75. The molecule has 0 fully saturated rings. The Bertz CT molecular complexity index is 980. The molecule has 28 heavy (non-hydrogen) atoms. The van der Waals surface area contributed by atoms with Crippen molar-refractivity contribution in [3.63, 3.8) is 0 Å². The van der Waals surface area contributed by atoms with Crippen LogP contribution in [0, 0.1) is 13.8 Å². The first-order chi connectivity index (χ1) is 13.4. The maximum Gasteiger partial charge on any atom is 0.264 e. The number of thiophene rings is 1. The lowest BCUT2D eigenvalue weighted by Gasteiger charge is -2.17. The van der Waals surface area contributed by atoms with Crippen LogP contribution in [0.15, 0.2) is 35.8 Å². The first-order valence-corrected chi connectivity index (χ1v) is 10.4. The average Bonchev–Trinajstić information content (AvgIpc) is 3.29. The van der Waals surface area contributed by atoms with E-state index < -0.39 is 0 Å². The smallest absolute Gasteiger partial charge is 0.264 e. The molecule has 1 amide bonds. The van der Waals surface area contributed by atoms with E-state index in [1.54, 1.807) is 18.1 Å². The zero-order valence-corrected chi connectivity index (χ0v) is 18.1. The summed E-state index contributed by atoms with van der Waals surface area (Å²) in [4.78, 5) is 15.1. The Labute approximate surface area is 174 Å². The minimum atomic E-state index is -0.0390. The van der Waals surface area contributed by atoms with E-state index in [-0.39, 0.29) is 5.91 Å². The number of aromatic nitrogens is 2. The minimum absolute atomic E-state index is 0.0390. The number of halogens is 1. The van der Waals surface area contributed by atoms with Crippen molar-refractivity contribution in [3.8, 4) is 5.75 Å². The molecule has 0 bridgehead atoms. The molecule has 0 aliphatic carbocycles. The Morgan fingerprint density at radius 1 is 1.32 bits per heavy atom. The van der Waals surface area contributed by atoms with E-state index in [1.165, 1.54) is 11.3 Å². The number of amides is 1. The minimum Gasteiger partial charge on any atom is -0.489 e. The number of benzene rings is 1. The van der Waals surface area contributed by atoms with Crippen molar-refractivity contribution in [2.24, 2.45) is 0 Å². The number of carbonyl (C=O) groups excluding carboxylic acids is 1. The molecule has 0 N–H and O–H groups in total. The molecule has 0 spiro atoms. The average molecular weight is 418 g/mol. The molecule has 3 aromatic rings. The highest BCUT2D eigenvalue weighted by Crippen LogP contribution is 2.23. The standard InChI is InChI=1S/C21H24ClN3O2S/c1-5-25-18(17(22)10-23-25)11-24(4)21(26)20-9-16(13-28-20)12-27-19-8-14(2)6-7-15(19)3/h6-10,13H,5,11-12H2,1-4H3. The maximum absolute atomic E-state index is 12.8. The molecule has 2 aromatic heterocycles. The van der Waals surface area contributed by atoms with Gasteiger partial charge in [0.2, 0.25) is 0 Å². The van der Waals surface area contributed by atoms with Gasteiger partial charge in [0.15, 0.2) is 0 Å². The van der Waals surface area contributed by atoms with Crippen LogP contribution in [0.3, 0.4) is 0 Å². The molecular formula is C21H24ClN3O2S. The van der Waals surface area contributed by atoms with E-state index in [2.05, 4.69) is 11.2 Å². The first kappa shape index (κ1) is 20.4. The fourth-order valence-electron chi connectivity index (χ4n) is 2.89. The second-order valence-corrected chi connectivity index (χ2v) is 8.11. The van der Waals surface area contributed by atoms with E-state index in [0.717, 1.165) is 28.1 Å². The fourth-order valence-corrected chi connectivity index (χ4v) is 3.98. The van der Waals surface area contributed by atoms with Gasteiger partial charge < -0.3 is 9.64 Å². The van der Waals surface area contributed by atoms with Crippen molar-refractivity contribution in [1.82, 2.24) is 14.7 Å². The van der Waals surface area contributed by atoms with Crippen LogP contribution in [0.4, 0.5) is 0 Å². The van der Waals surface area contributed by atoms with Crippen LogP contribution in [0.5, 0.6) is 5.75 Å². The lowest BCUT2D eigenvalue weighted by Crippen LogP contribution is -2.27. The molecule has 0 atom stereocenters. The maximum atomic E-state index is 12.8. The summed E-state index contributed by atoms with van der Waals surface area (Å²) in [7, 11) is 1.78. The Morgan fingerprint density at radius 2 is 2.11 bits per heavy atom. The highest BCUT2D eigenvalue weighted by atomic mass is 35.5. The lowest BCUT2D eigenvalue weighted by atomic mass is 10.1. The SMILES string of the molecule is CCn1ncc(Cl)c1CN(C)C(=O)c1cc(COc2cc(C)ccc2C)cs1. The Hall–Kier alpha value is -2.31. The van der Waals surface area contributed by atoms with Crippen molar-refractivity contribution >= 4 is 28.8 Å². The fraction of sp³-hybridized carbons (Fsp3) is 0.333. The molecule has 1 aromatic carbocycles. The number of hydrogen-bond acceptors (Lipinski definition) is 4. The Morgan fingerprint density at radius 3 is 2.86 bits per heavy atom. The van der Waals surface area contributed by atoms with Gasteiger partial charge in [-0.25, -0.2) is 0 Å². The third-order valence-corrected chi connectivity index (χ3v) is 5.82. The molecule has 2 heterocycles. The van der Waals surface area contributed by atoms with E-state index in [0.29, 0.717) is 29.6 Å². The number of aryl methyl sites for hydroxylation is 3. The zero-order chi connectivity index (χ0) is 20.3. The predicted molar refractivity (Wildman–Crippen MR) is 113 cm³/mol. The van der Waals surface area contributed by atoms with Crippen molar-refractivity contribution < 1.29 is 9.53 Å². The number of carbonyl (C=O) groups is 1. The second-order valence-electron chi connectivity index (χ2n) is 6.79. The third kappa shape index (κ3) is 4.56. The summed E-state index contributed by atoms with van der Waals surface area (Å²) in [5.41, 5.74) is 4.09. The van der Waals surface area contributed by atoms with Gasteiger partial charge in [0.05, 0.1) is 28.3 Å². The summed E-state index contributed by atoms with van der Waals surface area (Å²) in [5.74, 6) is 0.835. The molecule has 0 unspecified atom stereocenters. The Kier molecular flexibility index (Phi) is 6.42. The number of hydrogen-bond donors (Lipinski definition) is 0. The van der Waals surface area contributed by atoms with Crippen LogP contribution in [-0.2, 0) is 19.7 Å². The molecule has 5 nitrogen and oxygen atoms in total. The molecule has 0 saturated carbocycles. The summed E-state index contributed by atoms with van der Waals surface area (Å²) in [5, 5.41) is 6.77. The van der Waals surface area contributed by atoms with Gasteiger partial charge in [-0.15, -0.1) is 11.3 Å². The highest BCUT2D eigenvalue weighted by molar-refractivity contribution is 7.12. The molecule has 0 saturated heterocycles. The topological polar surface area (TPSA) is 47.4 Å². The molecule has 148 valence electrons. The highest BCUT2D eigenvalue weighted by Gasteiger charge is 2.18. The Balaban J connectivity index is 1.64.